The van der Waals surface area contributed by atoms with E-state index < -0.39 is 0 Å². The van der Waals surface area contributed by atoms with Crippen LogP contribution in [-0.2, 0) is 9.47 Å². The topological polar surface area (TPSA) is 44.5 Å². The van der Waals surface area contributed by atoms with Gasteiger partial charge in [0, 0.05) is 13.7 Å². The van der Waals surface area contributed by atoms with Crippen LogP contribution in [0.15, 0.2) is 0 Å². The molecule has 0 radical (unpaired) electrons. The molecule has 0 aliphatic heterocycles. The lowest BCUT2D eigenvalue weighted by Crippen LogP contribution is -2.37. The Hall–Kier alpha value is -0.120. The largest absolute Gasteiger partial charge is 0.385 e. The molecule has 0 spiro atoms. The molecule has 1 fully saturated rings. The van der Waals surface area contributed by atoms with Gasteiger partial charge < -0.3 is 15.2 Å². The first-order chi connectivity index (χ1) is 6.26. The molecule has 3 nitrogen and oxygen atoms in total. The molecule has 1 saturated carbocycles. The first-order valence-corrected chi connectivity index (χ1v) is 5.10. The van der Waals surface area contributed by atoms with Crippen LogP contribution < -0.4 is 5.73 Å². The molecule has 0 amide bonds. The Morgan fingerprint density at radius 1 is 1.46 bits per heavy atom. The molecule has 1 aliphatic rings. The minimum absolute atomic E-state index is 0.323. The molecular weight excluding hydrogens is 166 g/mol. The first-order valence-electron chi connectivity index (χ1n) is 5.10. The second-order valence-corrected chi connectivity index (χ2v) is 3.92. The summed E-state index contributed by atoms with van der Waals surface area (Å²) in [6.07, 6.45) is 4.06. The normalized spacial score (nSPS) is 29.8. The Labute approximate surface area is 80.6 Å². The molecule has 1 atom stereocenters. The zero-order chi connectivity index (χ0) is 9.68. The van der Waals surface area contributed by atoms with Crippen molar-refractivity contribution in [2.75, 3.05) is 20.3 Å². The van der Waals surface area contributed by atoms with E-state index in [1.165, 1.54) is 0 Å². The molecule has 0 aromatic heterocycles. The number of ether oxygens (including phenoxy) is 2. The Kier molecular flexibility index (Phi) is 4.70. The van der Waals surface area contributed by atoms with Gasteiger partial charge in [-0.1, -0.05) is 0 Å². The van der Waals surface area contributed by atoms with E-state index in [2.05, 4.69) is 6.92 Å². The van der Waals surface area contributed by atoms with Crippen LogP contribution in [-0.4, -0.2) is 32.5 Å². The van der Waals surface area contributed by atoms with Gasteiger partial charge in [0.2, 0.25) is 0 Å². The number of methoxy groups -OCH3 is 1. The molecule has 1 unspecified atom stereocenters. The Morgan fingerprint density at radius 2 is 2.15 bits per heavy atom. The summed E-state index contributed by atoms with van der Waals surface area (Å²) in [5.74, 6) is 0.708. The molecular formula is C10H21NO2. The lowest BCUT2D eigenvalue weighted by Gasteiger charge is -2.36. The Bertz CT molecular complexity index is 132. The third-order valence-corrected chi connectivity index (χ3v) is 2.68. The summed E-state index contributed by atoms with van der Waals surface area (Å²) in [4.78, 5) is 0. The van der Waals surface area contributed by atoms with Gasteiger partial charge in [-0.3, -0.25) is 0 Å². The van der Waals surface area contributed by atoms with E-state index in [4.69, 9.17) is 15.2 Å². The van der Waals surface area contributed by atoms with E-state index in [9.17, 15) is 0 Å². The van der Waals surface area contributed by atoms with Gasteiger partial charge >= 0.3 is 0 Å². The summed E-state index contributed by atoms with van der Waals surface area (Å²) >= 11 is 0. The van der Waals surface area contributed by atoms with Gasteiger partial charge in [-0.15, -0.1) is 0 Å². The smallest absolute Gasteiger partial charge is 0.0585 e. The third kappa shape index (κ3) is 3.63. The average molecular weight is 187 g/mol. The summed E-state index contributed by atoms with van der Waals surface area (Å²) in [6, 6.07) is 0. The van der Waals surface area contributed by atoms with E-state index in [0.29, 0.717) is 18.1 Å². The molecule has 3 heteroatoms. The predicted molar refractivity (Wildman–Crippen MR) is 52.6 cm³/mol. The van der Waals surface area contributed by atoms with E-state index in [1.54, 1.807) is 7.11 Å². The van der Waals surface area contributed by atoms with Crippen LogP contribution in [0, 0.1) is 5.92 Å². The maximum absolute atomic E-state index is 5.78. The lowest BCUT2D eigenvalue weighted by atomic mass is 9.82. The number of hydrogen-bond acceptors (Lipinski definition) is 3. The van der Waals surface area contributed by atoms with Crippen LogP contribution in [0.4, 0.5) is 0 Å². The number of hydrogen-bond donors (Lipinski definition) is 1. The van der Waals surface area contributed by atoms with E-state index in [0.717, 1.165) is 32.4 Å². The van der Waals surface area contributed by atoms with Gasteiger partial charge in [0.05, 0.1) is 12.2 Å². The van der Waals surface area contributed by atoms with Gasteiger partial charge in [0.15, 0.2) is 0 Å². The average Bonchev–Trinajstić information content (AvgIpc) is 2.07. The van der Waals surface area contributed by atoms with Gasteiger partial charge in [0.25, 0.3) is 0 Å². The monoisotopic (exact) mass is 187 g/mol. The third-order valence-electron chi connectivity index (χ3n) is 2.68. The van der Waals surface area contributed by atoms with E-state index in [1.807, 2.05) is 0 Å². The minimum Gasteiger partial charge on any atom is -0.385 e. The fraction of sp³-hybridized carbons (Fsp3) is 1.00. The fourth-order valence-corrected chi connectivity index (χ4v) is 1.66. The predicted octanol–water partition coefficient (Wildman–Crippen LogP) is 1.17. The van der Waals surface area contributed by atoms with Crippen LogP contribution in [0.5, 0.6) is 0 Å². The van der Waals surface area contributed by atoms with E-state index in [-0.39, 0.29) is 0 Å². The number of rotatable bonds is 6. The molecule has 78 valence electrons. The van der Waals surface area contributed by atoms with Crippen molar-refractivity contribution in [1.82, 2.24) is 0 Å². The van der Waals surface area contributed by atoms with Crippen LogP contribution in [0.2, 0.25) is 0 Å². The Morgan fingerprint density at radius 3 is 2.69 bits per heavy atom. The van der Waals surface area contributed by atoms with Crippen molar-refractivity contribution in [2.45, 2.75) is 38.4 Å². The highest BCUT2D eigenvalue weighted by Gasteiger charge is 2.29. The van der Waals surface area contributed by atoms with Crippen molar-refractivity contribution >= 4 is 0 Å². The molecule has 0 aromatic carbocycles. The highest BCUT2D eigenvalue weighted by atomic mass is 16.5. The van der Waals surface area contributed by atoms with Crippen molar-refractivity contribution in [1.29, 1.82) is 0 Å². The molecule has 0 saturated heterocycles. The van der Waals surface area contributed by atoms with Gasteiger partial charge in [-0.05, 0) is 38.6 Å². The fourth-order valence-electron chi connectivity index (χ4n) is 1.66. The summed E-state index contributed by atoms with van der Waals surface area (Å²) in [7, 11) is 1.72. The van der Waals surface area contributed by atoms with Crippen molar-refractivity contribution < 1.29 is 9.47 Å². The molecule has 0 heterocycles. The van der Waals surface area contributed by atoms with Crippen molar-refractivity contribution in [3.8, 4) is 0 Å². The summed E-state index contributed by atoms with van der Waals surface area (Å²) < 4.78 is 10.8. The van der Waals surface area contributed by atoms with Crippen molar-refractivity contribution in [2.24, 2.45) is 11.7 Å². The zero-order valence-electron chi connectivity index (χ0n) is 8.66. The standard InChI is InChI=1S/C10H21NO2/c1-8(3-4-12-2)13-10-5-9(6-10)7-11/h8-10H,3-7,11H2,1-2H3. The maximum Gasteiger partial charge on any atom is 0.0585 e. The second kappa shape index (κ2) is 5.58. The first kappa shape index (κ1) is 11.0. The Balaban J connectivity index is 1.99. The summed E-state index contributed by atoms with van der Waals surface area (Å²) in [5.41, 5.74) is 5.53. The van der Waals surface area contributed by atoms with Crippen LogP contribution in [0.25, 0.3) is 0 Å². The maximum atomic E-state index is 5.78. The van der Waals surface area contributed by atoms with Crippen LogP contribution in [0.3, 0.4) is 0 Å². The van der Waals surface area contributed by atoms with Crippen molar-refractivity contribution in [3.05, 3.63) is 0 Å². The molecule has 13 heavy (non-hydrogen) atoms. The van der Waals surface area contributed by atoms with Crippen LogP contribution in [0.1, 0.15) is 26.2 Å². The molecule has 0 bridgehead atoms. The molecule has 0 aromatic rings. The number of nitrogens with two attached hydrogens (primary N) is 1. The minimum atomic E-state index is 0.323. The van der Waals surface area contributed by atoms with Gasteiger partial charge in [-0.2, -0.15) is 0 Å². The molecule has 1 rings (SSSR count). The zero-order valence-corrected chi connectivity index (χ0v) is 8.66. The van der Waals surface area contributed by atoms with Gasteiger partial charge in [-0.25, -0.2) is 0 Å². The summed E-state index contributed by atoms with van der Waals surface area (Å²) in [6.45, 7) is 3.70. The SMILES string of the molecule is COCCC(C)OC1CC(CN)C1. The lowest BCUT2D eigenvalue weighted by molar-refractivity contribution is -0.0741. The van der Waals surface area contributed by atoms with Crippen LogP contribution >= 0.6 is 0 Å². The molecule has 1 aliphatic carbocycles. The van der Waals surface area contributed by atoms with Crippen molar-refractivity contribution in [3.63, 3.8) is 0 Å². The highest BCUT2D eigenvalue weighted by Crippen LogP contribution is 2.30. The van der Waals surface area contributed by atoms with Gasteiger partial charge in [0.1, 0.15) is 0 Å². The molecule has 2 N–H and O–H groups in total. The highest BCUT2D eigenvalue weighted by molar-refractivity contribution is 4.81. The van der Waals surface area contributed by atoms with E-state index >= 15 is 0 Å². The second-order valence-electron chi connectivity index (χ2n) is 3.92. The summed E-state index contributed by atoms with van der Waals surface area (Å²) in [5, 5.41) is 0. The quantitative estimate of drug-likeness (QED) is 0.678.